The minimum absolute atomic E-state index is 0.608. The summed E-state index contributed by atoms with van der Waals surface area (Å²) in [7, 11) is 0. The van der Waals surface area contributed by atoms with E-state index in [1.807, 2.05) is 47.7 Å². The van der Waals surface area contributed by atoms with E-state index in [0.29, 0.717) is 17.6 Å². The van der Waals surface area contributed by atoms with E-state index in [4.69, 9.17) is 15.0 Å². The fourth-order valence-electron chi connectivity index (χ4n) is 6.36. The van der Waals surface area contributed by atoms with Crippen LogP contribution in [0.25, 0.3) is 81.8 Å². The SMILES string of the molecule is Cc1ccc2sc3c(ccc4c5cc(-c6ccccc6)ccc5n(-c5nc(-c6ccccc6)nc(-c6ccccc6)n5)c43)c2c1. The Morgan fingerprint density at radius 3 is 1.78 bits per heavy atom. The van der Waals surface area contributed by atoms with Crippen LogP contribution in [0.3, 0.4) is 0 Å². The van der Waals surface area contributed by atoms with E-state index in [-0.39, 0.29) is 0 Å². The van der Waals surface area contributed by atoms with Crippen molar-refractivity contribution in [2.24, 2.45) is 0 Å². The van der Waals surface area contributed by atoms with Gasteiger partial charge in [-0.15, -0.1) is 11.3 Å². The molecule has 0 aliphatic heterocycles. The molecule has 0 saturated heterocycles. The Hall–Kier alpha value is -5.65. The van der Waals surface area contributed by atoms with Crippen LogP contribution in [0.1, 0.15) is 5.56 Å². The largest absolute Gasteiger partial charge is 0.276 e. The Kier molecular flexibility index (Phi) is 5.86. The minimum atomic E-state index is 0.608. The maximum atomic E-state index is 5.17. The number of nitrogens with zero attached hydrogens (tertiary/aromatic N) is 4. The molecule has 4 nitrogen and oxygen atoms in total. The van der Waals surface area contributed by atoms with Crippen molar-refractivity contribution < 1.29 is 0 Å². The average Bonchev–Trinajstić information content (AvgIpc) is 3.64. The normalized spacial score (nSPS) is 11.7. The third-order valence-electron chi connectivity index (χ3n) is 8.51. The Balaban J connectivity index is 1.42. The van der Waals surface area contributed by atoms with E-state index >= 15 is 0 Å². The molecule has 0 saturated carbocycles. The van der Waals surface area contributed by atoms with E-state index in [0.717, 1.165) is 22.2 Å². The van der Waals surface area contributed by atoms with Crippen LogP contribution in [-0.4, -0.2) is 19.5 Å². The number of hydrogen-bond donors (Lipinski definition) is 0. The highest BCUT2D eigenvalue weighted by Crippen LogP contribution is 2.43. The van der Waals surface area contributed by atoms with Crippen LogP contribution in [0.2, 0.25) is 0 Å². The van der Waals surface area contributed by atoms with Gasteiger partial charge >= 0.3 is 0 Å². The highest BCUT2D eigenvalue weighted by molar-refractivity contribution is 7.26. The second kappa shape index (κ2) is 10.2. The van der Waals surface area contributed by atoms with Crippen LogP contribution in [0.5, 0.6) is 0 Å². The molecule has 0 bridgehead atoms. The van der Waals surface area contributed by atoms with Gasteiger partial charge in [-0.05, 0) is 42.3 Å². The van der Waals surface area contributed by atoms with Crippen LogP contribution in [-0.2, 0) is 0 Å². The monoisotopic (exact) mass is 594 g/mol. The van der Waals surface area contributed by atoms with Gasteiger partial charge in [0.1, 0.15) is 0 Å². The quantitative estimate of drug-likeness (QED) is 0.204. The van der Waals surface area contributed by atoms with Gasteiger partial charge < -0.3 is 0 Å². The zero-order valence-corrected chi connectivity index (χ0v) is 25.3. The van der Waals surface area contributed by atoms with Gasteiger partial charge in [0, 0.05) is 37.4 Å². The second-order valence-corrected chi connectivity index (χ2v) is 12.4. The topological polar surface area (TPSA) is 43.6 Å². The number of rotatable bonds is 4. The third kappa shape index (κ3) is 4.24. The van der Waals surface area contributed by atoms with E-state index < -0.39 is 0 Å². The first-order valence-corrected chi connectivity index (χ1v) is 15.9. The van der Waals surface area contributed by atoms with Crippen molar-refractivity contribution in [3.8, 4) is 39.9 Å². The molecular formula is C40H26N4S. The lowest BCUT2D eigenvalue weighted by Crippen LogP contribution is -2.06. The molecule has 9 aromatic rings. The summed E-state index contributed by atoms with van der Waals surface area (Å²) in [6.45, 7) is 2.16. The number of benzene rings is 6. The van der Waals surface area contributed by atoms with Crippen molar-refractivity contribution in [3.63, 3.8) is 0 Å². The summed E-state index contributed by atoms with van der Waals surface area (Å²) in [6.07, 6.45) is 0. The van der Waals surface area contributed by atoms with Gasteiger partial charge in [0.05, 0.1) is 15.7 Å². The lowest BCUT2D eigenvalue weighted by atomic mass is 10.0. The van der Waals surface area contributed by atoms with Crippen molar-refractivity contribution in [1.29, 1.82) is 0 Å². The Morgan fingerprint density at radius 1 is 0.489 bits per heavy atom. The standard InChI is InChI=1S/C40H26N4S/c1-25-17-22-35-33(23-25)31-20-19-30-32-24-29(26-11-5-2-6-12-26)18-21-34(32)44(36(30)37(31)45-35)40-42-38(27-13-7-3-8-14-27)41-39(43-40)28-15-9-4-10-16-28/h2-24H,1H3. The summed E-state index contributed by atoms with van der Waals surface area (Å²) in [5.41, 5.74) is 7.72. The fourth-order valence-corrected chi connectivity index (χ4v) is 7.58. The fraction of sp³-hybridized carbons (Fsp3) is 0.0250. The van der Waals surface area contributed by atoms with Gasteiger partial charge in [0.2, 0.25) is 5.95 Å². The van der Waals surface area contributed by atoms with Gasteiger partial charge in [-0.2, -0.15) is 9.97 Å². The summed E-state index contributed by atoms with van der Waals surface area (Å²) < 4.78 is 4.76. The summed E-state index contributed by atoms with van der Waals surface area (Å²) in [4.78, 5) is 15.3. The van der Waals surface area contributed by atoms with Crippen molar-refractivity contribution in [1.82, 2.24) is 19.5 Å². The maximum Gasteiger partial charge on any atom is 0.238 e. The Labute approximate surface area is 263 Å². The number of aryl methyl sites for hydroxylation is 1. The first-order valence-electron chi connectivity index (χ1n) is 15.0. The molecule has 0 radical (unpaired) electrons. The van der Waals surface area contributed by atoms with E-state index in [2.05, 4.69) is 115 Å². The van der Waals surface area contributed by atoms with Crippen LogP contribution < -0.4 is 0 Å². The molecular weight excluding hydrogens is 569 g/mol. The summed E-state index contributed by atoms with van der Waals surface area (Å²) >= 11 is 1.83. The molecule has 6 aromatic carbocycles. The lowest BCUT2D eigenvalue weighted by Gasteiger charge is -2.11. The lowest BCUT2D eigenvalue weighted by molar-refractivity contribution is 0.955. The van der Waals surface area contributed by atoms with Crippen LogP contribution in [0, 0.1) is 6.92 Å². The number of hydrogen-bond acceptors (Lipinski definition) is 4. The minimum Gasteiger partial charge on any atom is -0.276 e. The predicted molar refractivity (Wildman–Crippen MR) is 188 cm³/mol. The Morgan fingerprint density at radius 2 is 1.11 bits per heavy atom. The third-order valence-corrected chi connectivity index (χ3v) is 9.71. The molecule has 3 aromatic heterocycles. The summed E-state index contributed by atoms with van der Waals surface area (Å²) in [5.74, 6) is 1.90. The molecule has 45 heavy (non-hydrogen) atoms. The van der Waals surface area contributed by atoms with Gasteiger partial charge in [-0.25, -0.2) is 4.98 Å². The maximum absolute atomic E-state index is 5.17. The second-order valence-electron chi connectivity index (χ2n) is 11.4. The van der Waals surface area contributed by atoms with Gasteiger partial charge in [-0.1, -0.05) is 121 Å². The molecule has 0 amide bonds. The molecule has 0 atom stereocenters. The molecule has 212 valence electrons. The van der Waals surface area contributed by atoms with Crippen molar-refractivity contribution in [2.45, 2.75) is 6.92 Å². The number of aromatic nitrogens is 4. The highest BCUT2D eigenvalue weighted by atomic mass is 32.1. The first-order chi connectivity index (χ1) is 22.2. The zero-order valence-electron chi connectivity index (χ0n) is 24.5. The van der Waals surface area contributed by atoms with Crippen LogP contribution in [0.15, 0.2) is 140 Å². The molecule has 5 heteroatoms. The molecule has 0 aliphatic rings. The van der Waals surface area contributed by atoms with Crippen molar-refractivity contribution in [3.05, 3.63) is 145 Å². The number of fused-ring (bicyclic) bond motifs is 7. The van der Waals surface area contributed by atoms with Crippen LogP contribution in [0.4, 0.5) is 0 Å². The molecule has 3 heterocycles. The van der Waals surface area contributed by atoms with Gasteiger partial charge in [0.25, 0.3) is 0 Å². The highest BCUT2D eigenvalue weighted by Gasteiger charge is 2.21. The molecule has 0 aliphatic carbocycles. The molecule has 0 fully saturated rings. The Bertz CT molecular complexity index is 2470. The predicted octanol–water partition coefficient (Wildman–Crippen LogP) is 10.6. The summed E-state index contributed by atoms with van der Waals surface area (Å²) in [6, 6.07) is 48.9. The average molecular weight is 595 g/mol. The first kappa shape index (κ1) is 25.8. The van der Waals surface area contributed by atoms with Crippen LogP contribution >= 0.6 is 11.3 Å². The summed E-state index contributed by atoms with van der Waals surface area (Å²) in [5, 5.41) is 4.88. The van der Waals surface area contributed by atoms with Gasteiger partial charge in [-0.3, -0.25) is 4.57 Å². The molecule has 9 rings (SSSR count). The molecule has 0 unspecified atom stereocenters. The van der Waals surface area contributed by atoms with Gasteiger partial charge in [0.15, 0.2) is 11.6 Å². The van der Waals surface area contributed by atoms with E-state index in [9.17, 15) is 0 Å². The zero-order chi connectivity index (χ0) is 29.9. The molecule has 0 N–H and O–H groups in total. The smallest absolute Gasteiger partial charge is 0.238 e. The van der Waals surface area contributed by atoms with E-state index in [1.165, 1.54) is 47.6 Å². The van der Waals surface area contributed by atoms with Crippen molar-refractivity contribution >= 4 is 53.3 Å². The van der Waals surface area contributed by atoms with Crippen molar-refractivity contribution in [2.75, 3.05) is 0 Å². The van der Waals surface area contributed by atoms with E-state index in [1.54, 1.807) is 0 Å². The number of thiophene rings is 1. The molecule has 0 spiro atoms.